The van der Waals surface area contributed by atoms with E-state index in [0.717, 1.165) is 12.8 Å². The predicted octanol–water partition coefficient (Wildman–Crippen LogP) is 3.71. The van der Waals surface area contributed by atoms with Crippen molar-refractivity contribution in [2.24, 2.45) is 0 Å². The van der Waals surface area contributed by atoms with Gasteiger partial charge in [0.15, 0.2) is 9.84 Å². The molecule has 0 unspecified atom stereocenters. The van der Waals surface area contributed by atoms with Gasteiger partial charge in [-0.15, -0.1) is 0 Å². The van der Waals surface area contributed by atoms with Gasteiger partial charge in [0.1, 0.15) is 10.6 Å². The van der Waals surface area contributed by atoms with Crippen molar-refractivity contribution in [3.05, 3.63) is 28.9 Å². The van der Waals surface area contributed by atoms with Gasteiger partial charge in [-0.2, -0.15) is 0 Å². The molecule has 0 amide bonds. The number of aromatic amines is 1. The molecule has 0 saturated heterocycles. The number of H-pyrrole nitrogens is 1. The summed E-state index contributed by atoms with van der Waals surface area (Å²) in [7, 11) is -3.62. The molecule has 7 heteroatoms. The Morgan fingerprint density at radius 2 is 2.04 bits per heavy atom. The fraction of sp³-hybridized carbons (Fsp3) is 0.438. The van der Waals surface area contributed by atoms with Gasteiger partial charge in [-0.05, 0) is 38.0 Å². The summed E-state index contributed by atoms with van der Waals surface area (Å²) in [5.41, 5.74) is 0.560. The third-order valence-corrected chi connectivity index (χ3v) is 6.80. The number of nitrogens with one attached hydrogen (secondary N) is 1. The molecular formula is C16H18ClNO4S. The quantitative estimate of drug-likeness (QED) is 0.848. The maximum Gasteiger partial charge on any atom is 0.356 e. The number of carbonyl (C=O) groups is 1. The van der Waals surface area contributed by atoms with Gasteiger partial charge in [-0.3, -0.25) is 0 Å². The third kappa shape index (κ3) is 2.85. The van der Waals surface area contributed by atoms with Crippen LogP contribution in [0, 0.1) is 0 Å². The zero-order valence-electron chi connectivity index (χ0n) is 12.8. The van der Waals surface area contributed by atoms with E-state index in [4.69, 9.17) is 16.3 Å². The summed E-state index contributed by atoms with van der Waals surface area (Å²) >= 11 is 6.03. The van der Waals surface area contributed by atoms with E-state index in [9.17, 15) is 13.2 Å². The number of hydrogen-bond donors (Lipinski definition) is 1. The third-order valence-electron chi connectivity index (χ3n) is 4.22. The normalized spacial score (nSPS) is 16.1. The maximum absolute atomic E-state index is 13.1. The molecule has 1 N–H and O–H groups in total. The van der Waals surface area contributed by atoms with E-state index in [0.29, 0.717) is 28.8 Å². The molecule has 0 spiro atoms. The van der Waals surface area contributed by atoms with Crippen LogP contribution in [0.1, 0.15) is 43.1 Å². The Morgan fingerprint density at radius 3 is 2.70 bits per heavy atom. The number of aromatic nitrogens is 1. The lowest BCUT2D eigenvalue weighted by Gasteiger charge is -2.12. The number of rotatable bonds is 4. The standard InChI is InChI=1S/C16H18ClNO4S/c1-2-22-16(19)14-15(23(20,21)11-5-3-4-6-11)12-9-10(17)7-8-13(12)18-14/h7-9,11,18H,2-6H2,1H3. The number of benzene rings is 1. The van der Waals surface area contributed by atoms with Gasteiger partial charge in [-0.1, -0.05) is 24.4 Å². The molecule has 1 fully saturated rings. The van der Waals surface area contributed by atoms with Gasteiger partial charge in [0.2, 0.25) is 0 Å². The van der Waals surface area contributed by atoms with Crippen molar-refractivity contribution in [1.29, 1.82) is 0 Å². The van der Waals surface area contributed by atoms with Crippen molar-refractivity contribution in [2.45, 2.75) is 42.8 Å². The first kappa shape index (κ1) is 16.3. The molecule has 1 saturated carbocycles. The second-order valence-corrected chi connectivity index (χ2v) is 8.29. The summed E-state index contributed by atoms with van der Waals surface area (Å²) < 4.78 is 31.2. The summed E-state index contributed by atoms with van der Waals surface area (Å²) in [5.74, 6) is -0.656. The molecule has 1 aliphatic carbocycles. The van der Waals surface area contributed by atoms with Gasteiger partial charge >= 0.3 is 5.97 Å². The van der Waals surface area contributed by atoms with Crippen LogP contribution in [0.4, 0.5) is 0 Å². The van der Waals surface area contributed by atoms with Crippen molar-refractivity contribution in [3.63, 3.8) is 0 Å². The van der Waals surface area contributed by atoms with Crippen molar-refractivity contribution in [1.82, 2.24) is 4.98 Å². The molecule has 0 radical (unpaired) electrons. The van der Waals surface area contributed by atoms with Crippen LogP contribution in [0.15, 0.2) is 23.1 Å². The molecule has 124 valence electrons. The predicted molar refractivity (Wildman–Crippen MR) is 88.7 cm³/mol. The highest BCUT2D eigenvalue weighted by Gasteiger charge is 2.36. The van der Waals surface area contributed by atoms with Gasteiger partial charge in [0, 0.05) is 15.9 Å². The van der Waals surface area contributed by atoms with Crippen LogP contribution in [0.3, 0.4) is 0 Å². The summed E-state index contributed by atoms with van der Waals surface area (Å²) in [5, 5.41) is 0.427. The van der Waals surface area contributed by atoms with Crippen molar-refractivity contribution in [3.8, 4) is 0 Å². The van der Waals surface area contributed by atoms with Gasteiger partial charge in [0.25, 0.3) is 0 Å². The number of ether oxygens (including phenoxy) is 1. The SMILES string of the molecule is CCOC(=O)c1[nH]c2ccc(Cl)cc2c1S(=O)(=O)C1CCCC1. The monoisotopic (exact) mass is 355 g/mol. The number of fused-ring (bicyclic) bond motifs is 1. The highest BCUT2D eigenvalue weighted by atomic mass is 35.5. The largest absolute Gasteiger partial charge is 0.461 e. The van der Waals surface area contributed by atoms with Gasteiger partial charge in [-0.25, -0.2) is 13.2 Å². The average molecular weight is 356 g/mol. The summed E-state index contributed by atoms with van der Waals surface area (Å²) in [4.78, 5) is 15.2. The van der Waals surface area contributed by atoms with Gasteiger partial charge < -0.3 is 9.72 Å². The zero-order chi connectivity index (χ0) is 16.6. The van der Waals surface area contributed by atoms with E-state index in [1.165, 1.54) is 0 Å². The summed E-state index contributed by atoms with van der Waals surface area (Å²) in [6.45, 7) is 1.86. The molecule has 5 nitrogen and oxygen atoms in total. The lowest BCUT2D eigenvalue weighted by Crippen LogP contribution is -2.20. The summed E-state index contributed by atoms with van der Waals surface area (Å²) in [6, 6.07) is 4.91. The zero-order valence-corrected chi connectivity index (χ0v) is 14.3. The first-order valence-corrected chi connectivity index (χ1v) is 9.59. The fourth-order valence-corrected chi connectivity index (χ4v) is 5.50. The van der Waals surface area contributed by atoms with Crippen LogP contribution in [0.2, 0.25) is 5.02 Å². The van der Waals surface area contributed by atoms with E-state index >= 15 is 0 Å². The smallest absolute Gasteiger partial charge is 0.356 e. The van der Waals surface area contributed by atoms with Crippen LogP contribution >= 0.6 is 11.6 Å². The van der Waals surface area contributed by atoms with Gasteiger partial charge in [0.05, 0.1) is 11.9 Å². The lowest BCUT2D eigenvalue weighted by molar-refractivity contribution is 0.0516. The Bertz CT molecular complexity index is 850. The lowest BCUT2D eigenvalue weighted by atomic mass is 10.2. The van der Waals surface area contributed by atoms with Crippen LogP contribution in [-0.2, 0) is 14.6 Å². The topological polar surface area (TPSA) is 76.2 Å². The molecule has 0 aliphatic heterocycles. The molecule has 1 aromatic heterocycles. The van der Waals surface area contributed by atoms with Crippen LogP contribution < -0.4 is 0 Å². The Labute approximate surface area is 139 Å². The number of hydrogen-bond acceptors (Lipinski definition) is 4. The molecule has 0 bridgehead atoms. The number of carbonyl (C=O) groups excluding carboxylic acids is 1. The van der Waals surface area contributed by atoms with Crippen LogP contribution in [0.5, 0.6) is 0 Å². The van der Waals surface area contributed by atoms with Crippen molar-refractivity contribution in [2.75, 3.05) is 6.61 Å². The Hall–Kier alpha value is -1.53. The maximum atomic E-state index is 13.1. The second kappa shape index (κ2) is 6.17. The Morgan fingerprint density at radius 1 is 1.35 bits per heavy atom. The Balaban J connectivity index is 2.25. The minimum absolute atomic E-state index is 0.00369. The molecule has 1 aliphatic rings. The molecule has 1 aromatic carbocycles. The minimum Gasteiger partial charge on any atom is -0.461 e. The molecule has 23 heavy (non-hydrogen) atoms. The molecule has 1 heterocycles. The van der Waals surface area contributed by atoms with Crippen LogP contribution in [-0.4, -0.2) is 31.2 Å². The molecular weight excluding hydrogens is 338 g/mol. The fourth-order valence-electron chi connectivity index (χ4n) is 3.15. The van der Waals surface area contributed by atoms with E-state index in [-0.39, 0.29) is 17.2 Å². The average Bonchev–Trinajstić information content (AvgIpc) is 3.15. The molecule has 0 atom stereocenters. The highest BCUT2D eigenvalue weighted by molar-refractivity contribution is 7.92. The molecule has 2 aromatic rings. The second-order valence-electron chi connectivity index (χ2n) is 5.69. The van der Waals surface area contributed by atoms with E-state index in [1.807, 2.05) is 0 Å². The van der Waals surface area contributed by atoms with E-state index in [2.05, 4.69) is 4.98 Å². The number of sulfone groups is 1. The minimum atomic E-state index is -3.62. The molecule has 3 rings (SSSR count). The first-order valence-electron chi connectivity index (χ1n) is 7.67. The number of halogens is 1. The highest BCUT2D eigenvalue weighted by Crippen LogP contribution is 2.36. The number of esters is 1. The van der Waals surface area contributed by atoms with E-state index < -0.39 is 21.1 Å². The Kier molecular flexibility index (Phi) is 4.38. The first-order chi connectivity index (χ1) is 10.9. The van der Waals surface area contributed by atoms with E-state index in [1.54, 1.807) is 25.1 Å². The van der Waals surface area contributed by atoms with Crippen LogP contribution in [0.25, 0.3) is 10.9 Å². The summed E-state index contributed by atoms with van der Waals surface area (Å²) in [6.07, 6.45) is 3.03. The van der Waals surface area contributed by atoms with Crippen molar-refractivity contribution < 1.29 is 17.9 Å². The van der Waals surface area contributed by atoms with Crippen molar-refractivity contribution >= 4 is 38.3 Å².